The van der Waals surface area contributed by atoms with E-state index in [0.717, 1.165) is 17.5 Å². The van der Waals surface area contributed by atoms with Gasteiger partial charge in [0, 0.05) is 32.3 Å². The molecule has 0 aliphatic carbocycles. The lowest BCUT2D eigenvalue weighted by atomic mass is 9.99. The van der Waals surface area contributed by atoms with E-state index in [1.54, 1.807) is 17.0 Å². The summed E-state index contributed by atoms with van der Waals surface area (Å²) in [6.45, 7) is 1.09. The maximum Gasteiger partial charge on any atom is 0.269 e. The number of rotatable bonds is 3. The zero-order valence-electron chi connectivity index (χ0n) is 10.1. The van der Waals surface area contributed by atoms with Gasteiger partial charge >= 0.3 is 0 Å². The third kappa shape index (κ3) is 2.48. The van der Waals surface area contributed by atoms with Crippen molar-refractivity contribution in [2.75, 3.05) is 20.3 Å². The van der Waals surface area contributed by atoms with E-state index in [2.05, 4.69) is 0 Å². The number of fused-ring (bicyclic) bond motifs is 1. The summed E-state index contributed by atoms with van der Waals surface area (Å²) in [4.78, 5) is 23.6. The van der Waals surface area contributed by atoms with E-state index < -0.39 is 4.92 Å². The SMILES string of the molecule is COCC(=O)N1CCc2ccc([N+](=O)[O-])cc2C1. The molecule has 0 spiro atoms. The predicted molar refractivity (Wildman–Crippen MR) is 64.1 cm³/mol. The molecule has 0 saturated heterocycles. The summed E-state index contributed by atoms with van der Waals surface area (Å²) >= 11 is 0. The van der Waals surface area contributed by atoms with E-state index in [0.29, 0.717) is 13.1 Å². The van der Waals surface area contributed by atoms with E-state index >= 15 is 0 Å². The molecule has 0 saturated carbocycles. The van der Waals surface area contributed by atoms with Gasteiger partial charge in [-0.2, -0.15) is 0 Å². The van der Waals surface area contributed by atoms with Crippen molar-refractivity contribution in [1.29, 1.82) is 0 Å². The molecule has 0 fully saturated rings. The fourth-order valence-electron chi connectivity index (χ4n) is 2.08. The van der Waals surface area contributed by atoms with Gasteiger partial charge in [-0.1, -0.05) is 6.07 Å². The Kier molecular flexibility index (Phi) is 3.57. The second kappa shape index (κ2) is 5.14. The van der Waals surface area contributed by atoms with Crippen LogP contribution in [-0.2, 0) is 22.5 Å². The predicted octanol–water partition coefficient (Wildman–Crippen LogP) is 1.13. The molecule has 18 heavy (non-hydrogen) atoms. The molecule has 96 valence electrons. The smallest absolute Gasteiger partial charge is 0.269 e. The Hall–Kier alpha value is -1.95. The third-order valence-corrected chi connectivity index (χ3v) is 3.03. The largest absolute Gasteiger partial charge is 0.375 e. The molecule has 1 aliphatic rings. The van der Waals surface area contributed by atoms with E-state index in [1.807, 2.05) is 0 Å². The van der Waals surface area contributed by atoms with E-state index in [9.17, 15) is 14.9 Å². The number of ether oxygens (including phenoxy) is 1. The second-order valence-electron chi connectivity index (χ2n) is 4.21. The highest BCUT2D eigenvalue weighted by molar-refractivity contribution is 5.77. The maximum atomic E-state index is 11.7. The first-order chi connectivity index (χ1) is 8.61. The monoisotopic (exact) mass is 250 g/mol. The number of non-ortho nitro benzene ring substituents is 1. The number of benzene rings is 1. The Morgan fingerprint density at radius 3 is 2.94 bits per heavy atom. The molecule has 1 aromatic rings. The van der Waals surface area contributed by atoms with Gasteiger partial charge < -0.3 is 9.64 Å². The van der Waals surface area contributed by atoms with Gasteiger partial charge in [0.15, 0.2) is 0 Å². The lowest BCUT2D eigenvalue weighted by molar-refractivity contribution is -0.385. The molecule has 0 unspecified atom stereocenters. The van der Waals surface area contributed by atoms with Crippen molar-refractivity contribution in [2.24, 2.45) is 0 Å². The van der Waals surface area contributed by atoms with Crippen LogP contribution < -0.4 is 0 Å². The van der Waals surface area contributed by atoms with E-state index in [4.69, 9.17) is 4.74 Å². The highest BCUT2D eigenvalue weighted by Crippen LogP contribution is 2.23. The van der Waals surface area contributed by atoms with Gasteiger partial charge in [-0.25, -0.2) is 0 Å². The molecule has 1 heterocycles. The number of hydrogen-bond donors (Lipinski definition) is 0. The minimum Gasteiger partial charge on any atom is -0.375 e. The Morgan fingerprint density at radius 1 is 1.50 bits per heavy atom. The van der Waals surface area contributed by atoms with Crippen LogP contribution in [-0.4, -0.2) is 36.0 Å². The molecule has 0 aromatic heterocycles. The minimum absolute atomic E-state index is 0.0459. The van der Waals surface area contributed by atoms with Gasteiger partial charge in [0.2, 0.25) is 5.91 Å². The second-order valence-corrected chi connectivity index (χ2v) is 4.21. The summed E-state index contributed by atoms with van der Waals surface area (Å²) in [7, 11) is 1.47. The van der Waals surface area contributed by atoms with Crippen molar-refractivity contribution in [1.82, 2.24) is 4.90 Å². The molecule has 2 rings (SSSR count). The van der Waals surface area contributed by atoms with Gasteiger partial charge in [-0.05, 0) is 17.5 Å². The first kappa shape index (κ1) is 12.5. The molecule has 0 N–H and O–H groups in total. The highest BCUT2D eigenvalue weighted by Gasteiger charge is 2.22. The van der Waals surface area contributed by atoms with Crippen LogP contribution in [0.4, 0.5) is 5.69 Å². The van der Waals surface area contributed by atoms with E-state index in [-0.39, 0.29) is 18.2 Å². The number of nitro groups is 1. The molecule has 1 amide bonds. The molecule has 1 aromatic carbocycles. The van der Waals surface area contributed by atoms with Crippen LogP contribution in [0.1, 0.15) is 11.1 Å². The Labute approximate surface area is 104 Å². The number of hydrogen-bond acceptors (Lipinski definition) is 4. The number of amides is 1. The van der Waals surface area contributed by atoms with Crippen molar-refractivity contribution in [3.05, 3.63) is 39.4 Å². The first-order valence-corrected chi connectivity index (χ1v) is 5.64. The number of methoxy groups -OCH3 is 1. The van der Waals surface area contributed by atoms with Crippen molar-refractivity contribution in [3.8, 4) is 0 Å². The molecule has 6 nitrogen and oxygen atoms in total. The fraction of sp³-hybridized carbons (Fsp3) is 0.417. The summed E-state index contributed by atoms with van der Waals surface area (Å²) in [5.41, 5.74) is 1.98. The summed E-state index contributed by atoms with van der Waals surface area (Å²) in [6.07, 6.45) is 0.725. The van der Waals surface area contributed by atoms with Gasteiger partial charge in [0.05, 0.1) is 4.92 Å². The molecule has 6 heteroatoms. The number of carbonyl (C=O) groups excluding carboxylic acids is 1. The molecular weight excluding hydrogens is 236 g/mol. The lowest BCUT2D eigenvalue weighted by Crippen LogP contribution is -2.38. The average molecular weight is 250 g/mol. The zero-order valence-corrected chi connectivity index (χ0v) is 10.1. The molecule has 0 bridgehead atoms. The quantitative estimate of drug-likeness (QED) is 0.595. The fourth-order valence-corrected chi connectivity index (χ4v) is 2.08. The van der Waals surface area contributed by atoms with Gasteiger partial charge in [0.1, 0.15) is 6.61 Å². The summed E-state index contributed by atoms with van der Waals surface area (Å²) in [5.74, 6) is -0.0883. The van der Waals surface area contributed by atoms with Crippen molar-refractivity contribution in [2.45, 2.75) is 13.0 Å². The van der Waals surface area contributed by atoms with Crippen LogP contribution in [0.15, 0.2) is 18.2 Å². The first-order valence-electron chi connectivity index (χ1n) is 5.64. The Bertz CT molecular complexity index is 487. The minimum atomic E-state index is -0.420. The van der Waals surface area contributed by atoms with Crippen LogP contribution in [0, 0.1) is 10.1 Å². The molecule has 1 aliphatic heterocycles. The van der Waals surface area contributed by atoms with Crippen molar-refractivity contribution < 1.29 is 14.5 Å². The van der Waals surface area contributed by atoms with Crippen LogP contribution in [0.3, 0.4) is 0 Å². The highest BCUT2D eigenvalue weighted by atomic mass is 16.6. The standard InChI is InChI=1S/C12H14N2O4/c1-18-8-12(15)13-5-4-9-2-3-11(14(16)17)6-10(9)7-13/h2-3,6H,4-5,7-8H2,1H3. The van der Waals surface area contributed by atoms with Crippen molar-refractivity contribution >= 4 is 11.6 Å². The van der Waals surface area contributed by atoms with Crippen LogP contribution in [0.5, 0.6) is 0 Å². The van der Waals surface area contributed by atoms with Crippen LogP contribution in [0.25, 0.3) is 0 Å². The topological polar surface area (TPSA) is 72.7 Å². The lowest BCUT2D eigenvalue weighted by Gasteiger charge is -2.28. The number of nitro benzene ring substituents is 1. The zero-order chi connectivity index (χ0) is 13.1. The number of nitrogens with zero attached hydrogens (tertiary/aromatic N) is 2. The Morgan fingerprint density at radius 2 is 2.28 bits per heavy atom. The van der Waals surface area contributed by atoms with Gasteiger partial charge in [0.25, 0.3) is 5.69 Å². The van der Waals surface area contributed by atoms with Gasteiger partial charge in [-0.3, -0.25) is 14.9 Å². The third-order valence-electron chi connectivity index (χ3n) is 3.03. The van der Waals surface area contributed by atoms with Crippen LogP contribution >= 0.6 is 0 Å². The van der Waals surface area contributed by atoms with Gasteiger partial charge in [-0.15, -0.1) is 0 Å². The molecule has 0 radical (unpaired) electrons. The van der Waals surface area contributed by atoms with Crippen LogP contribution in [0.2, 0.25) is 0 Å². The Balaban J connectivity index is 2.19. The normalized spacial score (nSPS) is 14.2. The summed E-state index contributed by atoms with van der Waals surface area (Å²) < 4.78 is 4.81. The summed E-state index contributed by atoms with van der Waals surface area (Å²) in [6, 6.07) is 4.82. The maximum absolute atomic E-state index is 11.7. The summed E-state index contributed by atoms with van der Waals surface area (Å²) in [5, 5.41) is 10.7. The molecular formula is C12H14N2O4. The van der Waals surface area contributed by atoms with E-state index in [1.165, 1.54) is 13.2 Å². The average Bonchev–Trinajstić information content (AvgIpc) is 2.37. The van der Waals surface area contributed by atoms with Crippen molar-refractivity contribution in [3.63, 3.8) is 0 Å². The molecule has 0 atom stereocenters. The number of carbonyl (C=O) groups is 1.